The molecule has 0 saturated carbocycles. The van der Waals surface area contributed by atoms with E-state index < -0.39 is 15.9 Å². The van der Waals surface area contributed by atoms with Crippen LogP contribution >= 0.6 is 11.3 Å². The molecule has 2 aromatic carbocycles. The Morgan fingerprint density at radius 1 is 1.19 bits per heavy atom. The van der Waals surface area contributed by atoms with Gasteiger partial charge in [-0.25, -0.2) is 13.4 Å². The molecule has 0 fully saturated rings. The summed E-state index contributed by atoms with van der Waals surface area (Å²) in [7, 11) is -2.22. The second-order valence-electron chi connectivity index (χ2n) is 6.28. The standard InChI is InChI=1S/C21H21N3O5S2/c1-3-4-15-5-10-18(19(13-15)28-2)29-14-20(25)23-16-6-8-17(9-7-16)31(26,27)24-21-22-11-12-30-21/h3,5-13H,1,4,14H2,2H3,(H,22,24)(H,23,25). The number of hydrogen-bond acceptors (Lipinski definition) is 7. The molecule has 0 unspecified atom stereocenters. The fourth-order valence-corrected chi connectivity index (χ4v) is 4.42. The topological polar surface area (TPSA) is 107 Å². The van der Waals surface area contributed by atoms with Crippen LogP contribution in [-0.2, 0) is 21.2 Å². The van der Waals surface area contributed by atoms with E-state index in [4.69, 9.17) is 9.47 Å². The van der Waals surface area contributed by atoms with Gasteiger partial charge in [-0.1, -0.05) is 12.1 Å². The molecule has 0 radical (unpaired) electrons. The minimum Gasteiger partial charge on any atom is -0.493 e. The summed E-state index contributed by atoms with van der Waals surface area (Å²) in [6.45, 7) is 3.47. The molecule has 3 aromatic rings. The molecule has 8 nitrogen and oxygen atoms in total. The maximum atomic E-state index is 12.3. The number of hydrogen-bond donors (Lipinski definition) is 2. The third-order valence-electron chi connectivity index (χ3n) is 4.07. The first-order chi connectivity index (χ1) is 14.9. The number of aromatic nitrogens is 1. The van der Waals surface area contributed by atoms with Crippen molar-refractivity contribution in [2.75, 3.05) is 23.8 Å². The van der Waals surface area contributed by atoms with Gasteiger partial charge in [-0.2, -0.15) is 0 Å². The van der Waals surface area contributed by atoms with Crippen molar-refractivity contribution in [3.05, 3.63) is 72.3 Å². The van der Waals surface area contributed by atoms with Gasteiger partial charge in [0.25, 0.3) is 15.9 Å². The average molecular weight is 460 g/mol. The van der Waals surface area contributed by atoms with E-state index in [1.165, 1.54) is 48.9 Å². The van der Waals surface area contributed by atoms with Gasteiger partial charge >= 0.3 is 0 Å². The molecule has 0 aliphatic rings. The summed E-state index contributed by atoms with van der Waals surface area (Å²) in [6, 6.07) is 11.2. The number of methoxy groups -OCH3 is 1. The van der Waals surface area contributed by atoms with E-state index in [0.29, 0.717) is 23.6 Å². The van der Waals surface area contributed by atoms with E-state index in [-0.39, 0.29) is 16.6 Å². The zero-order chi connectivity index (χ0) is 22.3. The maximum absolute atomic E-state index is 12.3. The minimum atomic E-state index is -3.75. The van der Waals surface area contributed by atoms with Gasteiger partial charge < -0.3 is 14.8 Å². The third-order valence-corrected chi connectivity index (χ3v) is 6.24. The predicted molar refractivity (Wildman–Crippen MR) is 120 cm³/mol. The molecule has 2 N–H and O–H groups in total. The van der Waals surface area contributed by atoms with E-state index in [9.17, 15) is 13.2 Å². The molecule has 10 heteroatoms. The molecule has 0 saturated heterocycles. The number of nitrogens with zero attached hydrogens (tertiary/aromatic N) is 1. The van der Waals surface area contributed by atoms with Gasteiger partial charge in [-0.15, -0.1) is 17.9 Å². The van der Waals surface area contributed by atoms with Crippen molar-refractivity contribution in [2.45, 2.75) is 11.3 Å². The predicted octanol–water partition coefficient (Wildman–Crippen LogP) is 3.70. The number of anilines is 2. The normalized spacial score (nSPS) is 10.9. The summed E-state index contributed by atoms with van der Waals surface area (Å²) in [5, 5.41) is 4.61. The molecule has 31 heavy (non-hydrogen) atoms. The second kappa shape index (κ2) is 10.1. The van der Waals surface area contributed by atoms with Crippen LogP contribution in [0.1, 0.15) is 5.56 Å². The van der Waals surface area contributed by atoms with Crippen LogP contribution in [0.4, 0.5) is 10.8 Å². The summed E-state index contributed by atoms with van der Waals surface area (Å²) in [4.78, 5) is 16.2. The maximum Gasteiger partial charge on any atom is 0.263 e. The van der Waals surface area contributed by atoms with Gasteiger partial charge in [0.05, 0.1) is 12.0 Å². The van der Waals surface area contributed by atoms with Crippen LogP contribution in [0.15, 0.2) is 71.6 Å². The number of allylic oxidation sites excluding steroid dienone is 1. The summed E-state index contributed by atoms with van der Waals surface area (Å²) in [5.74, 6) is 0.573. The van der Waals surface area contributed by atoms with Crippen LogP contribution in [0.5, 0.6) is 11.5 Å². The Balaban J connectivity index is 1.58. The number of amides is 1. The number of rotatable bonds is 10. The Hall–Kier alpha value is -3.37. The largest absolute Gasteiger partial charge is 0.493 e. The van der Waals surface area contributed by atoms with Crippen molar-refractivity contribution in [1.82, 2.24) is 4.98 Å². The number of sulfonamides is 1. The highest BCUT2D eigenvalue weighted by Gasteiger charge is 2.16. The third kappa shape index (κ3) is 6.06. The van der Waals surface area contributed by atoms with Gasteiger partial charge in [0.1, 0.15) is 0 Å². The molecule has 1 amide bonds. The lowest BCUT2D eigenvalue weighted by atomic mass is 10.1. The van der Waals surface area contributed by atoms with Crippen LogP contribution in [-0.4, -0.2) is 33.0 Å². The molecule has 0 aliphatic carbocycles. The molecule has 3 rings (SSSR count). The molecule has 1 aromatic heterocycles. The van der Waals surface area contributed by atoms with E-state index in [1.54, 1.807) is 17.5 Å². The number of ether oxygens (including phenoxy) is 2. The zero-order valence-electron chi connectivity index (χ0n) is 16.7. The average Bonchev–Trinajstić information content (AvgIpc) is 3.25. The molecular formula is C21H21N3O5S2. The summed E-state index contributed by atoms with van der Waals surface area (Å²) < 4.78 is 38.0. The van der Waals surface area contributed by atoms with Gasteiger partial charge in [-0.3, -0.25) is 9.52 Å². The van der Waals surface area contributed by atoms with Crippen LogP contribution in [0.2, 0.25) is 0 Å². The molecule has 1 heterocycles. The summed E-state index contributed by atoms with van der Waals surface area (Å²) in [5.41, 5.74) is 1.46. The Morgan fingerprint density at radius 3 is 2.61 bits per heavy atom. The van der Waals surface area contributed by atoms with Gasteiger partial charge in [0, 0.05) is 17.3 Å². The second-order valence-corrected chi connectivity index (χ2v) is 8.86. The Kier molecular flexibility index (Phi) is 7.27. The first-order valence-electron chi connectivity index (χ1n) is 9.14. The van der Waals surface area contributed by atoms with E-state index in [2.05, 4.69) is 21.6 Å². The van der Waals surface area contributed by atoms with Crippen molar-refractivity contribution in [1.29, 1.82) is 0 Å². The van der Waals surface area contributed by atoms with Crippen molar-refractivity contribution < 1.29 is 22.7 Å². The van der Waals surface area contributed by atoms with Gasteiger partial charge in [0.2, 0.25) is 0 Å². The van der Waals surface area contributed by atoms with Gasteiger partial charge in [0.15, 0.2) is 23.2 Å². The molecule has 162 valence electrons. The molecule has 0 atom stereocenters. The molecule has 0 bridgehead atoms. The Bertz CT molecular complexity index is 1140. The number of benzene rings is 2. The number of nitrogens with one attached hydrogen (secondary N) is 2. The van der Waals surface area contributed by atoms with E-state index in [0.717, 1.165) is 5.56 Å². The lowest BCUT2D eigenvalue weighted by Gasteiger charge is -2.12. The number of carbonyl (C=O) groups excluding carboxylic acids is 1. The zero-order valence-corrected chi connectivity index (χ0v) is 18.3. The molecule has 0 spiro atoms. The van der Waals surface area contributed by atoms with Crippen LogP contribution < -0.4 is 19.5 Å². The molecular weight excluding hydrogens is 438 g/mol. The summed E-state index contributed by atoms with van der Waals surface area (Å²) in [6.07, 6.45) is 3.99. The number of carbonyl (C=O) groups is 1. The number of thiazole rings is 1. The smallest absolute Gasteiger partial charge is 0.263 e. The minimum absolute atomic E-state index is 0.0568. The van der Waals surface area contributed by atoms with Crippen molar-refractivity contribution in [2.24, 2.45) is 0 Å². The van der Waals surface area contributed by atoms with E-state index >= 15 is 0 Å². The fourth-order valence-electron chi connectivity index (χ4n) is 2.63. The SMILES string of the molecule is C=CCc1ccc(OCC(=O)Nc2ccc(S(=O)(=O)Nc3nccs3)cc2)c(OC)c1. The quantitative estimate of drug-likeness (QED) is 0.448. The summed E-state index contributed by atoms with van der Waals surface area (Å²) >= 11 is 1.18. The highest BCUT2D eigenvalue weighted by Crippen LogP contribution is 2.28. The monoisotopic (exact) mass is 459 g/mol. The Morgan fingerprint density at radius 2 is 1.97 bits per heavy atom. The van der Waals surface area contributed by atoms with Crippen LogP contribution in [0.25, 0.3) is 0 Å². The van der Waals surface area contributed by atoms with Crippen LogP contribution in [0, 0.1) is 0 Å². The first-order valence-corrected chi connectivity index (χ1v) is 11.5. The lowest BCUT2D eigenvalue weighted by Crippen LogP contribution is -2.20. The first kappa shape index (κ1) is 22.3. The Labute approximate surface area is 184 Å². The van der Waals surface area contributed by atoms with Crippen molar-refractivity contribution in [3.8, 4) is 11.5 Å². The highest BCUT2D eigenvalue weighted by molar-refractivity contribution is 7.93. The van der Waals surface area contributed by atoms with E-state index in [1.807, 2.05) is 12.1 Å². The van der Waals surface area contributed by atoms with Gasteiger partial charge in [-0.05, 0) is 48.4 Å². The highest BCUT2D eigenvalue weighted by atomic mass is 32.2. The van der Waals surface area contributed by atoms with Crippen LogP contribution in [0.3, 0.4) is 0 Å². The lowest BCUT2D eigenvalue weighted by molar-refractivity contribution is -0.118. The van der Waals surface area contributed by atoms with Crippen molar-refractivity contribution in [3.63, 3.8) is 0 Å². The van der Waals surface area contributed by atoms with Crippen molar-refractivity contribution >= 4 is 38.1 Å². The molecule has 0 aliphatic heterocycles. The fraction of sp³-hybridized carbons (Fsp3) is 0.143.